The second kappa shape index (κ2) is 80.2. The fourth-order valence-corrected chi connectivity index (χ4v) is 11.2. The summed E-state index contributed by atoms with van der Waals surface area (Å²) in [5.41, 5.74) is 0. The van der Waals surface area contributed by atoms with Crippen LogP contribution in [0.2, 0.25) is 0 Å². The van der Waals surface area contributed by atoms with E-state index < -0.39 is 97.5 Å². The number of aliphatic hydroxyl groups excluding tert-OH is 1. The highest BCUT2D eigenvalue weighted by molar-refractivity contribution is 7.47. The number of esters is 4. The molecule has 19 heteroatoms. The summed E-state index contributed by atoms with van der Waals surface area (Å²) in [6, 6.07) is 0. The standard InChI is InChI=1S/C91H140O17P2/c1-5-9-13-17-21-25-29-33-36-39-42-45-48-52-56-60-64-68-72-76-89(94)102-82-87(108-91(96)78-74-70-66-62-58-54-50-47-44-41-38-35-31-27-23-19-15-11-7-3)84-106-110(99,100)104-80-85(92)79-103-109(97,98)105-83-86(81-101-88(93)75-71-67-63-59-55-51-32-28-24-20-16-12-8-4)107-90(95)77-73-69-65-61-57-53-49-46-43-40-37-34-30-26-22-18-14-10-6-2/h9-11,13-15,21-23,25-28,32-38,42-47,52-54,56-58,64-66,68-70,85-87,92H,5-8,12,16-20,24,29-31,39-41,48-51,55,59-63,67,71-84H2,1-4H3,(H,97,98)(H,99,100)/b13-9-,14-10-,15-11-,25-21-,26-22-,27-23-,32-28-,36-33-,37-34-,38-35-,45-42-,46-43-,47-44-,56-52-,57-53-,58-54-,68-64-,69-65-,70-66-/t85-,86+,87+/m0/s1. The van der Waals surface area contributed by atoms with Crippen LogP contribution in [0.1, 0.15) is 259 Å². The number of hydrogen-bond acceptors (Lipinski definition) is 15. The summed E-state index contributed by atoms with van der Waals surface area (Å²) in [6.45, 7) is 4.20. The smallest absolute Gasteiger partial charge is 0.462 e. The van der Waals surface area contributed by atoms with Crippen LogP contribution in [0.5, 0.6) is 0 Å². The van der Waals surface area contributed by atoms with E-state index in [1.807, 2.05) is 54.7 Å². The van der Waals surface area contributed by atoms with Crippen molar-refractivity contribution < 1.29 is 80.2 Å². The molecule has 0 saturated carbocycles. The second-order valence-electron chi connectivity index (χ2n) is 25.9. The summed E-state index contributed by atoms with van der Waals surface area (Å²) in [6.07, 6.45) is 104. The van der Waals surface area contributed by atoms with Crippen molar-refractivity contribution in [1.82, 2.24) is 0 Å². The third-order valence-corrected chi connectivity index (χ3v) is 17.5. The van der Waals surface area contributed by atoms with Crippen LogP contribution >= 0.6 is 15.6 Å². The average molecular weight is 1570 g/mol. The van der Waals surface area contributed by atoms with E-state index in [0.717, 1.165) is 135 Å². The van der Waals surface area contributed by atoms with E-state index in [1.54, 1.807) is 0 Å². The van der Waals surface area contributed by atoms with Crippen LogP contribution in [0.25, 0.3) is 0 Å². The number of allylic oxidation sites excluding steroid dienone is 38. The van der Waals surface area contributed by atoms with Gasteiger partial charge in [-0.05, 0) is 167 Å². The van der Waals surface area contributed by atoms with Crippen LogP contribution in [0.15, 0.2) is 231 Å². The monoisotopic (exact) mass is 1570 g/mol. The Labute approximate surface area is 664 Å². The highest BCUT2D eigenvalue weighted by Gasteiger charge is 2.30. The topological polar surface area (TPSA) is 237 Å². The van der Waals surface area contributed by atoms with Crippen LogP contribution in [-0.2, 0) is 65.4 Å². The quantitative estimate of drug-likeness (QED) is 0.0169. The zero-order valence-electron chi connectivity index (χ0n) is 67.3. The van der Waals surface area contributed by atoms with E-state index in [1.165, 1.54) is 25.7 Å². The zero-order valence-corrected chi connectivity index (χ0v) is 69.1. The number of hydrogen-bond donors (Lipinski definition) is 3. The highest BCUT2D eigenvalue weighted by Crippen LogP contribution is 2.45. The molecule has 3 N–H and O–H groups in total. The molecule has 0 aliphatic heterocycles. The molecule has 5 atom stereocenters. The lowest BCUT2D eigenvalue weighted by Gasteiger charge is -2.21. The molecule has 0 rings (SSSR count). The van der Waals surface area contributed by atoms with Gasteiger partial charge in [-0.3, -0.25) is 37.3 Å². The predicted octanol–water partition coefficient (Wildman–Crippen LogP) is 24.2. The van der Waals surface area contributed by atoms with E-state index in [-0.39, 0.29) is 25.7 Å². The van der Waals surface area contributed by atoms with E-state index in [9.17, 15) is 43.2 Å². The first-order chi connectivity index (χ1) is 53.7. The molecule has 616 valence electrons. The van der Waals surface area contributed by atoms with Crippen molar-refractivity contribution in [1.29, 1.82) is 0 Å². The van der Waals surface area contributed by atoms with Crippen LogP contribution in [-0.4, -0.2) is 96.7 Å². The molecule has 0 saturated heterocycles. The van der Waals surface area contributed by atoms with Crippen LogP contribution in [0.3, 0.4) is 0 Å². The van der Waals surface area contributed by atoms with Crippen molar-refractivity contribution >= 4 is 39.5 Å². The van der Waals surface area contributed by atoms with Crippen molar-refractivity contribution in [2.45, 2.75) is 277 Å². The maximum atomic E-state index is 13.1. The number of aliphatic hydroxyl groups is 1. The molecule has 0 aromatic carbocycles. The Morgan fingerprint density at radius 1 is 0.264 bits per heavy atom. The lowest BCUT2D eigenvalue weighted by atomic mass is 10.1. The molecule has 0 radical (unpaired) electrons. The molecule has 0 aliphatic carbocycles. The van der Waals surface area contributed by atoms with E-state index in [4.69, 9.17) is 37.0 Å². The first kappa shape index (κ1) is 103. The molecule has 0 fully saturated rings. The Hall–Kier alpha value is -6.88. The summed E-state index contributed by atoms with van der Waals surface area (Å²) >= 11 is 0. The number of carbonyl (C=O) groups is 4. The normalized spacial score (nSPS) is 15.0. The fraction of sp³-hybridized carbons (Fsp3) is 0.538. The predicted molar refractivity (Wildman–Crippen MR) is 454 cm³/mol. The summed E-state index contributed by atoms with van der Waals surface area (Å²) in [7, 11) is -10.1. The van der Waals surface area contributed by atoms with Gasteiger partial charge in [-0.2, -0.15) is 0 Å². The van der Waals surface area contributed by atoms with E-state index >= 15 is 0 Å². The van der Waals surface area contributed by atoms with Crippen LogP contribution in [0, 0.1) is 0 Å². The molecule has 0 aromatic rings. The Balaban J connectivity index is 5.62. The van der Waals surface area contributed by atoms with Gasteiger partial charge in [0.25, 0.3) is 0 Å². The highest BCUT2D eigenvalue weighted by atomic mass is 31.2. The lowest BCUT2D eigenvalue weighted by molar-refractivity contribution is -0.161. The number of ether oxygens (including phenoxy) is 4. The van der Waals surface area contributed by atoms with Gasteiger partial charge in [0.1, 0.15) is 19.3 Å². The summed E-state index contributed by atoms with van der Waals surface area (Å²) in [5.74, 6) is -2.51. The molecule has 0 bridgehead atoms. The third kappa shape index (κ3) is 79.2. The van der Waals surface area contributed by atoms with Gasteiger partial charge in [-0.25, -0.2) is 9.13 Å². The summed E-state index contributed by atoms with van der Waals surface area (Å²) in [4.78, 5) is 73.0. The van der Waals surface area contributed by atoms with Gasteiger partial charge in [0.05, 0.1) is 26.4 Å². The number of unbranched alkanes of at least 4 members (excludes halogenated alkanes) is 9. The van der Waals surface area contributed by atoms with E-state index in [0.29, 0.717) is 44.9 Å². The van der Waals surface area contributed by atoms with Gasteiger partial charge in [0, 0.05) is 25.7 Å². The van der Waals surface area contributed by atoms with Crippen LogP contribution in [0.4, 0.5) is 0 Å². The van der Waals surface area contributed by atoms with Crippen molar-refractivity contribution in [2.24, 2.45) is 0 Å². The number of phosphoric acid groups is 2. The zero-order chi connectivity index (χ0) is 80.3. The minimum absolute atomic E-state index is 0.00781. The fourth-order valence-electron chi connectivity index (χ4n) is 9.58. The van der Waals surface area contributed by atoms with Crippen molar-refractivity contribution in [3.8, 4) is 0 Å². The Morgan fingerprint density at radius 2 is 0.491 bits per heavy atom. The molecule has 0 heterocycles. The third-order valence-electron chi connectivity index (χ3n) is 15.6. The van der Waals surface area contributed by atoms with Gasteiger partial charge < -0.3 is 33.8 Å². The van der Waals surface area contributed by atoms with Gasteiger partial charge in [-0.15, -0.1) is 0 Å². The lowest BCUT2D eigenvalue weighted by Crippen LogP contribution is -2.30. The minimum atomic E-state index is -5.04. The Morgan fingerprint density at radius 3 is 0.782 bits per heavy atom. The largest absolute Gasteiger partial charge is 0.472 e. The minimum Gasteiger partial charge on any atom is -0.462 e. The van der Waals surface area contributed by atoms with Crippen LogP contribution < -0.4 is 0 Å². The Kier molecular flexibility index (Phi) is 75.2. The second-order valence-corrected chi connectivity index (χ2v) is 28.8. The first-order valence-electron chi connectivity index (χ1n) is 40.6. The molecule has 110 heavy (non-hydrogen) atoms. The summed E-state index contributed by atoms with van der Waals surface area (Å²) < 4.78 is 68.4. The molecule has 17 nitrogen and oxygen atoms in total. The molecular formula is C91H140O17P2. The molecule has 0 spiro atoms. The van der Waals surface area contributed by atoms with E-state index in [2.05, 4.69) is 204 Å². The maximum absolute atomic E-state index is 13.1. The number of phosphoric ester groups is 2. The van der Waals surface area contributed by atoms with Crippen molar-refractivity contribution in [2.75, 3.05) is 39.6 Å². The SMILES string of the molecule is CC/C=C\C/C=C\C/C=C\C/C=C\C/C=C\C/C=C\CCC(=O)OC[C@H](COP(=O)(O)OC[C@@H](O)COP(=O)(O)OC[C@@H](COC(=O)CCCCCCC/C=C\CCCCCC)OC(=O)CC/C=C\C/C=C\C/C=C\C/C=C\C/C=C\C/C=C\CC)OC(=O)CC/C=C\C/C=C\C/C=C\C/C=C\C/C=C\C/C=C\CC. The summed E-state index contributed by atoms with van der Waals surface area (Å²) in [5, 5.41) is 10.7. The van der Waals surface area contributed by atoms with Gasteiger partial charge in [-0.1, -0.05) is 297 Å². The molecule has 0 aromatic heterocycles. The van der Waals surface area contributed by atoms with Crippen molar-refractivity contribution in [3.05, 3.63) is 231 Å². The molecule has 0 aliphatic rings. The van der Waals surface area contributed by atoms with Crippen molar-refractivity contribution in [3.63, 3.8) is 0 Å². The van der Waals surface area contributed by atoms with Gasteiger partial charge >= 0.3 is 39.5 Å². The molecule has 2 unspecified atom stereocenters. The average Bonchev–Trinajstić information content (AvgIpc) is 0.906. The number of carbonyl (C=O) groups excluding carboxylic acids is 4. The number of rotatable bonds is 73. The Bertz CT molecular complexity index is 3000. The first-order valence-corrected chi connectivity index (χ1v) is 43.6. The van der Waals surface area contributed by atoms with Gasteiger partial charge in [0.15, 0.2) is 12.2 Å². The van der Waals surface area contributed by atoms with Gasteiger partial charge in [0.2, 0.25) is 0 Å². The molecular weight excluding hydrogens is 1430 g/mol. The maximum Gasteiger partial charge on any atom is 0.472 e. The molecule has 0 amide bonds.